The molecule has 1 aliphatic carbocycles. The number of hydrogen-bond acceptors (Lipinski definition) is 2. The Balaban J connectivity index is 0.00000106. The maximum Gasteiger partial charge on any atom is 0.0601 e. The largest absolute Gasteiger partial charge is 0.381 e. The van der Waals surface area contributed by atoms with Crippen molar-refractivity contribution in [1.29, 1.82) is 0 Å². The number of hydrogen-bond donors (Lipinski definition) is 0. The zero-order chi connectivity index (χ0) is 15.8. The van der Waals surface area contributed by atoms with Crippen molar-refractivity contribution in [2.45, 2.75) is 97.8 Å². The Hall–Kier alpha value is -0.0800. The summed E-state index contributed by atoms with van der Waals surface area (Å²) in [5.74, 6) is 1.97. The lowest BCUT2D eigenvalue weighted by molar-refractivity contribution is -0.0206. The third kappa shape index (κ3) is 5.56. The molecule has 0 unspecified atom stereocenters. The first-order valence-electron chi connectivity index (χ1n) is 9.42. The second-order valence-electron chi connectivity index (χ2n) is 7.02. The highest BCUT2D eigenvalue weighted by Crippen LogP contribution is 2.33. The second kappa shape index (κ2) is 9.84. The van der Waals surface area contributed by atoms with E-state index in [9.17, 15) is 0 Å². The average Bonchev–Trinajstić information content (AvgIpc) is 2.53. The molecule has 0 spiro atoms. The van der Waals surface area contributed by atoms with Crippen molar-refractivity contribution < 1.29 is 4.74 Å². The van der Waals surface area contributed by atoms with Gasteiger partial charge in [0.15, 0.2) is 0 Å². The lowest BCUT2D eigenvalue weighted by atomic mass is 9.80. The van der Waals surface area contributed by atoms with Crippen LogP contribution in [0, 0.1) is 11.8 Å². The Morgan fingerprint density at radius 2 is 1.38 bits per heavy atom. The van der Waals surface area contributed by atoms with E-state index in [1.165, 1.54) is 51.5 Å². The second-order valence-corrected chi connectivity index (χ2v) is 7.02. The van der Waals surface area contributed by atoms with E-state index in [2.05, 4.69) is 25.7 Å². The highest BCUT2D eigenvalue weighted by Gasteiger charge is 2.32. The van der Waals surface area contributed by atoms with Gasteiger partial charge in [-0.05, 0) is 51.4 Å². The molecule has 126 valence electrons. The number of ether oxygens (including phenoxy) is 1. The third-order valence-corrected chi connectivity index (χ3v) is 5.69. The van der Waals surface area contributed by atoms with Crippen molar-refractivity contribution in [1.82, 2.24) is 4.90 Å². The summed E-state index contributed by atoms with van der Waals surface area (Å²) in [6, 6.07) is 1.38. The quantitative estimate of drug-likeness (QED) is 0.714. The van der Waals surface area contributed by atoms with Crippen LogP contribution in [0.3, 0.4) is 0 Å². The summed E-state index contributed by atoms with van der Waals surface area (Å²) in [5, 5.41) is 0. The van der Waals surface area contributed by atoms with Gasteiger partial charge < -0.3 is 4.74 Å². The van der Waals surface area contributed by atoms with Crippen LogP contribution in [-0.4, -0.2) is 36.7 Å². The summed E-state index contributed by atoms with van der Waals surface area (Å²) >= 11 is 0. The summed E-state index contributed by atoms with van der Waals surface area (Å²) < 4.78 is 5.57. The lowest BCUT2D eigenvalue weighted by Crippen LogP contribution is -2.50. The van der Waals surface area contributed by atoms with Crippen LogP contribution in [-0.2, 0) is 4.74 Å². The summed E-state index contributed by atoms with van der Waals surface area (Å²) in [7, 11) is 1.87. The molecular weight excluding hydrogens is 258 g/mol. The minimum absolute atomic E-state index is 0.483. The highest BCUT2D eigenvalue weighted by atomic mass is 16.5. The predicted octanol–water partition coefficient (Wildman–Crippen LogP) is 5.12. The fourth-order valence-corrected chi connectivity index (χ4v) is 4.24. The fourth-order valence-electron chi connectivity index (χ4n) is 4.24. The molecule has 0 amide bonds. The first kappa shape index (κ1) is 19.0. The minimum atomic E-state index is 0.483. The van der Waals surface area contributed by atoms with Gasteiger partial charge in [0.25, 0.3) is 0 Å². The van der Waals surface area contributed by atoms with Crippen LogP contribution >= 0.6 is 0 Å². The summed E-state index contributed by atoms with van der Waals surface area (Å²) in [6.07, 6.45) is 10.2. The molecule has 2 rings (SSSR count). The molecule has 0 N–H and O–H groups in total. The Morgan fingerprint density at radius 3 is 1.81 bits per heavy atom. The monoisotopic (exact) mass is 297 g/mol. The van der Waals surface area contributed by atoms with E-state index in [4.69, 9.17) is 4.74 Å². The van der Waals surface area contributed by atoms with Gasteiger partial charge in [0, 0.05) is 25.7 Å². The minimum Gasteiger partial charge on any atom is -0.381 e. The number of rotatable bonds is 4. The van der Waals surface area contributed by atoms with Crippen LogP contribution in [0.2, 0.25) is 0 Å². The molecule has 0 bridgehead atoms. The van der Waals surface area contributed by atoms with Crippen LogP contribution in [0.15, 0.2) is 0 Å². The molecule has 1 heterocycles. The molecular formula is C19H39NO. The molecule has 1 saturated carbocycles. The summed E-state index contributed by atoms with van der Waals surface area (Å²) in [6.45, 7) is 12.5. The molecule has 2 fully saturated rings. The van der Waals surface area contributed by atoms with Crippen molar-refractivity contribution in [3.05, 3.63) is 0 Å². The topological polar surface area (TPSA) is 12.5 Å². The summed E-state index contributed by atoms with van der Waals surface area (Å²) in [4.78, 5) is 2.76. The van der Waals surface area contributed by atoms with Crippen LogP contribution in [0.5, 0.6) is 0 Å². The molecule has 2 atom stereocenters. The van der Waals surface area contributed by atoms with E-state index in [-0.39, 0.29) is 0 Å². The van der Waals surface area contributed by atoms with Crippen LogP contribution < -0.4 is 0 Å². The van der Waals surface area contributed by atoms with Crippen molar-refractivity contribution in [2.24, 2.45) is 11.8 Å². The van der Waals surface area contributed by atoms with Crippen molar-refractivity contribution in [3.63, 3.8) is 0 Å². The smallest absolute Gasteiger partial charge is 0.0601 e. The van der Waals surface area contributed by atoms with Gasteiger partial charge in [0.1, 0.15) is 0 Å². The van der Waals surface area contributed by atoms with Crippen molar-refractivity contribution >= 4 is 0 Å². The predicted molar refractivity (Wildman–Crippen MR) is 92.7 cm³/mol. The molecule has 2 aliphatic rings. The number of nitrogens with zero attached hydrogens (tertiary/aromatic N) is 1. The highest BCUT2D eigenvalue weighted by molar-refractivity contribution is 4.87. The Labute approximate surface area is 133 Å². The van der Waals surface area contributed by atoms with E-state index < -0.39 is 0 Å². The fraction of sp³-hybridized carbons (Fsp3) is 1.00. The van der Waals surface area contributed by atoms with E-state index in [1.807, 2.05) is 21.0 Å². The van der Waals surface area contributed by atoms with Crippen LogP contribution in [0.25, 0.3) is 0 Å². The normalized spacial score (nSPS) is 37.7. The first-order valence-corrected chi connectivity index (χ1v) is 9.42. The molecule has 2 heteroatoms. The molecule has 1 saturated heterocycles. The maximum absolute atomic E-state index is 5.57. The molecule has 0 aromatic heterocycles. The Kier molecular flexibility index (Phi) is 8.89. The van der Waals surface area contributed by atoms with Gasteiger partial charge in [0.2, 0.25) is 0 Å². The third-order valence-electron chi connectivity index (χ3n) is 5.69. The van der Waals surface area contributed by atoms with E-state index in [0.717, 1.165) is 11.8 Å². The SMILES string of the molecule is CC.CCC1CCC(CN2[C@H](C)CC(OC)C[C@H]2C)CC1. The Morgan fingerprint density at radius 1 is 0.905 bits per heavy atom. The molecule has 0 aromatic carbocycles. The van der Waals surface area contributed by atoms with Gasteiger partial charge in [-0.3, -0.25) is 4.90 Å². The molecule has 0 aromatic rings. The molecule has 1 aliphatic heterocycles. The summed E-state index contributed by atoms with van der Waals surface area (Å²) in [5.41, 5.74) is 0. The number of methoxy groups -OCH3 is 1. The molecule has 21 heavy (non-hydrogen) atoms. The zero-order valence-electron chi connectivity index (χ0n) is 15.4. The number of piperidine rings is 1. The average molecular weight is 298 g/mol. The van der Waals surface area contributed by atoms with E-state index in [1.54, 1.807) is 0 Å². The maximum atomic E-state index is 5.57. The van der Waals surface area contributed by atoms with Crippen LogP contribution in [0.1, 0.15) is 79.6 Å². The van der Waals surface area contributed by atoms with Gasteiger partial charge in [-0.2, -0.15) is 0 Å². The Bertz CT molecular complexity index is 248. The van der Waals surface area contributed by atoms with Crippen molar-refractivity contribution in [2.75, 3.05) is 13.7 Å². The van der Waals surface area contributed by atoms with Crippen molar-refractivity contribution in [3.8, 4) is 0 Å². The van der Waals surface area contributed by atoms with E-state index in [0.29, 0.717) is 18.2 Å². The standard InChI is InChI=1S/C17H33NO.C2H6/c1-5-15-6-8-16(9-7-15)12-18-13(2)10-17(19-4)11-14(18)3;1-2/h13-17H,5-12H2,1-4H3;1-2H3/t13-,14-,15?,16?;/m1./s1. The van der Waals surface area contributed by atoms with Crippen LogP contribution in [0.4, 0.5) is 0 Å². The number of likely N-dealkylation sites (tertiary alicyclic amines) is 1. The van der Waals surface area contributed by atoms with Gasteiger partial charge in [-0.25, -0.2) is 0 Å². The zero-order valence-corrected chi connectivity index (χ0v) is 15.4. The van der Waals surface area contributed by atoms with E-state index >= 15 is 0 Å². The molecule has 2 nitrogen and oxygen atoms in total. The van der Waals surface area contributed by atoms with Gasteiger partial charge in [-0.15, -0.1) is 0 Å². The van der Waals surface area contributed by atoms with Gasteiger partial charge in [-0.1, -0.05) is 40.0 Å². The lowest BCUT2D eigenvalue weighted by Gasteiger charge is -2.44. The molecule has 0 radical (unpaired) electrons. The van der Waals surface area contributed by atoms with Gasteiger partial charge >= 0.3 is 0 Å². The van der Waals surface area contributed by atoms with Gasteiger partial charge in [0.05, 0.1) is 6.10 Å². The first-order chi connectivity index (χ1) is 10.1.